The summed E-state index contributed by atoms with van der Waals surface area (Å²) in [5, 5.41) is 79.3. The third kappa shape index (κ3) is 8.57. The van der Waals surface area contributed by atoms with E-state index in [-0.39, 0.29) is 29.9 Å². The van der Waals surface area contributed by atoms with Gasteiger partial charge in [-0.25, -0.2) is 4.79 Å². The van der Waals surface area contributed by atoms with Gasteiger partial charge in [0.15, 0.2) is 12.6 Å². The standard InChI is InChI=1S/C31H42O17/c1-3-16-17(18(28(41)42-2)13-44-29(16)48-31-27(40)25(38)23(36)20(12-33)47-31)10-21(34)45-15-6-4-14(5-7-15)8-9-43-30-26(39)24(37)22(35)19(11-32)46-30/h3-7,13,17,19-20,22-27,29-33,35-40H,8-12H2,1-2H3/t17-,19+,20+,22+,23+,24-,25-,26+,27+,29-,30+,31-/m0/s1. The summed E-state index contributed by atoms with van der Waals surface area (Å²) < 4.78 is 37.9. The van der Waals surface area contributed by atoms with Gasteiger partial charge in [-0.05, 0) is 31.0 Å². The summed E-state index contributed by atoms with van der Waals surface area (Å²) in [5.74, 6) is -2.29. The first kappa shape index (κ1) is 37.8. The highest BCUT2D eigenvalue weighted by atomic mass is 16.8. The van der Waals surface area contributed by atoms with Crippen molar-refractivity contribution in [1.29, 1.82) is 0 Å². The zero-order valence-corrected chi connectivity index (χ0v) is 26.2. The summed E-state index contributed by atoms with van der Waals surface area (Å²) in [7, 11) is 1.15. The van der Waals surface area contributed by atoms with E-state index in [2.05, 4.69) is 0 Å². The van der Waals surface area contributed by atoms with Crippen LogP contribution < -0.4 is 4.74 Å². The van der Waals surface area contributed by atoms with E-state index in [4.69, 9.17) is 33.2 Å². The molecule has 0 spiro atoms. The van der Waals surface area contributed by atoms with Crippen molar-refractivity contribution >= 4 is 11.9 Å². The Bertz CT molecular complexity index is 1280. The number of rotatable bonds is 12. The van der Waals surface area contributed by atoms with Crippen molar-refractivity contribution in [2.75, 3.05) is 26.9 Å². The SMILES string of the molecule is CC=C1[C@H](O[C@@H]2O[C@H](CO)[C@@H](O)[C@H](O)[C@H]2O)OC=C(C(=O)OC)[C@H]1CC(=O)Oc1ccc(CCO[C@@H]2O[C@H](CO)[C@@H](O)[C@H](O)[C@H]2O)cc1. The zero-order chi connectivity index (χ0) is 35.1. The molecule has 4 rings (SSSR count). The van der Waals surface area contributed by atoms with Crippen LogP contribution in [0.25, 0.3) is 0 Å². The lowest BCUT2D eigenvalue weighted by Gasteiger charge is -2.41. The number of methoxy groups -OCH3 is 1. The van der Waals surface area contributed by atoms with E-state index >= 15 is 0 Å². The molecule has 2 saturated heterocycles. The average molecular weight is 687 g/mol. The molecule has 48 heavy (non-hydrogen) atoms. The van der Waals surface area contributed by atoms with E-state index < -0.39 is 98.8 Å². The first-order valence-electron chi connectivity index (χ1n) is 15.2. The highest BCUT2D eigenvalue weighted by Gasteiger charge is 2.47. The molecule has 17 nitrogen and oxygen atoms in total. The molecule has 2 fully saturated rings. The minimum Gasteiger partial charge on any atom is -0.468 e. The van der Waals surface area contributed by atoms with Crippen molar-refractivity contribution in [1.82, 2.24) is 0 Å². The van der Waals surface area contributed by atoms with Gasteiger partial charge in [-0.15, -0.1) is 0 Å². The topological polar surface area (TPSA) is 261 Å². The van der Waals surface area contributed by atoms with Gasteiger partial charge in [-0.1, -0.05) is 18.2 Å². The van der Waals surface area contributed by atoms with Gasteiger partial charge < -0.3 is 74.0 Å². The van der Waals surface area contributed by atoms with E-state index in [1.807, 2.05) is 0 Å². The van der Waals surface area contributed by atoms with Crippen LogP contribution in [0.3, 0.4) is 0 Å². The zero-order valence-electron chi connectivity index (χ0n) is 26.2. The van der Waals surface area contributed by atoms with Crippen LogP contribution in [0.2, 0.25) is 0 Å². The van der Waals surface area contributed by atoms with Crippen LogP contribution >= 0.6 is 0 Å². The summed E-state index contributed by atoms with van der Waals surface area (Å²) in [6.07, 6.45) is -13.5. The molecule has 0 radical (unpaired) electrons. The summed E-state index contributed by atoms with van der Waals surface area (Å²) in [4.78, 5) is 25.7. The fraction of sp³-hybridized carbons (Fsp3) is 0.613. The van der Waals surface area contributed by atoms with Crippen molar-refractivity contribution in [2.24, 2.45) is 5.92 Å². The van der Waals surface area contributed by atoms with Gasteiger partial charge in [-0.2, -0.15) is 0 Å². The molecule has 0 aromatic heterocycles. The van der Waals surface area contributed by atoms with Crippen molar-refractivity contribution in [2.45, 2.75) is 87.5 Å². The van der Waals surface area contributed by atoms with Crippen LogP contribution in [-0.2, 0) is 44.4 Å². The average Bonchev–Trinajstić information content (AvgIpc) is 3.08. The van der Waals surface area contributed by atoms with Crippen LogP contribution in [0, 0.1) is 5.92 Å². The smallest absolute Gasteiger partial charge is 0.337 e. The van der Waals surface area contributed by atoms with E-state index in [1.165, 1.54) is 18.2 Å². The van der Waals surface area contributed by atoms with E-state index in [9.17, 15) is 50.4 Å². The van der Waals surface area contributed by atoms with Crippen LogP contribution in [-0.4, -0.2) is 147 Å². The predicted molar refractivity (Wildman–Crippen MR) is 157 cm³/mol. The molecule has 12 atom stereocenters. The Hall–Kier alpha value is -3.04. The molecule has 3 aliphatic heterocycles. The minimum atomic E-state index is -1.72. The maximum absolute atomic E-state index is 13.1. The van der Waals surface area contributed by atoms with Crippen molar-refractivity contribution < 1.29 is 83.6 Å². The van der Waals surface area contributed by atoms with Crippen LogP contribution in [0.1, 0.15) is 18.9 Å². The van der Waals surface area contributed by atoms with Gasteiger partial charge in [0.25, 0.3) is 0 Å². The third-order valence-electron chi connectivity index (χ3n) is 8.28. The monoisotopic (exact) mass is 686 g/mol. The highest BCUT2D eigenvalue weighted by Crippen LogP contribution is 2.36. The molecule has 0 bridgehead atoms. The first-order valence-corrected chi connectivity index (χ1v) is 15.2. The maximum atomic E-state index is 13.1. The van der Waals surface area contributed by atoms with Crippen molar-refractivity contribution in [3.8, 4) is 5.75 Å². The minimum absolute atomic E-state index is 0.0223. The molecule has 17 heteroatoms. The third-order valence-corrected chi connectivity index (χ3v) is 8.28. The van der Waals surface area contributed by atoms with Crippen LogP contribution in [0.4, 0.5) is 0 Å². The molecule has 0 amide bonds. The number of hydrogen-bond acceptors (Lipinski definition) is 17. The molecule has 1 aromatic rings. The summed E-state index contributed by atoms with van der Waals surface area (Å²) in [6, 6.07) is 6.39. The molecule has 1 aromatic carbocycles. The second-order valence-electron chi connectivity index (χ2n) is 11.3. The molecule has 3 heterocycles. The highest BCUT2D eigenvalue weighted by molar-refractivity contribution is 5.91. The summed E-state index contributed by atoms with van der Waals surface area (Å²) >= 11 is 0. The fourth-order valence-corrected chi connectivity index (χ4v) is 5.49. The van der Waals surface area contributed by atoms with Crippen molar-refractivity contribution in [3.05, 3.63) is 53.3 Å². The second-order valence-corrected chi connectivity index (χ2v) is 11.3. The van der Waals surface area contributed by atoms with Gasteiger partial charge in [0.2, 0.25) is 6.29 Å². The lowest BCUT2D eigenvalue weighted by atomic mass is 9.86. The first-order chi connectivity index (χ1) is 22.9. The summed E-state index contributed by atoms with van der Waals surface area (Å²) in [5.41, 5.74) is 0.997. The van der Waals surface area contributed by atoms with Gasteiger partial charge >= 0.3 is 11.9 Å². The number of allylic oxidation sites excluding steroid dienone is 1. The number of aliphatic hydroxyl groups is 8. The number of carbonyl (C=O) groups excluding carboxylic acids is 2. The second kappa shape index (κ2) is 17.1. The van der Waals surface area contributed by atoms with Gasteiger partial charge in [0.05, 0.1) is 45.2 Å². The lowest BCUT2D eigenvalue weighted by Crippen LogP contribution is -2.60. The molecule has 268 valence electrons. The summed E-state index contributed by atoms with van der Waals surface area (Å²) in [6.45, 7) is 0.393. The Morgan fingerprint density at radius 3 is 1.98 bits per heavy atom. The number of benzene rings is 1. The van der Waals surface area contributed by atoms with E-state index in [0.717, 1.165) is 18.9 Å². The quantitative estimate of drug-likeness (QED) is 0.0624. The van der Waals surface area contributed by atoms with Crippen molar-refractivity contribution in [3.63, 3.8) is 0 Å². The van der Waals surface area contributed by atoms with E-state index in [0.29, 0.717) is 6.42 Å². The molecular formula is C31H42O17. The van der Waals surface area contributed by atoms with Gasteiger partial charge in [0, 0.05) is 11.5 Å². The maximum Gasteiger partial charge on any atom is 0.337 e. The Kier molecular flexibility index (Phi) is 13.4. The Balaban J connectivity index is 1.36. The van der Waals surface area contributed by atoms with Crippen LogP contribution in [0.5, 0.6) is 5.75 Å². The number of ether oxygens (including phenoxy) is 7. The lowest BCUT2D eigenvalue weighted by molar-refractivity contribution is -0.327. The Morgan fingerprint density at radius 2 is 1.42 bits per heavy atom. The number of hydrogen-bond donors (Lipinski definition) is 8. The Labute approximate surface area is 275 Å². The predicted octanol–water partition coefficient (Wildman–Crippen LogP) is -2.87. The largest absolute Gasteiger partial charge is 0.468 e. The molecule has 0 unspecified atom stereocenters. The molecule has 3 aliphatic rings. The number of esters is 2. The molecule has 0 saturated carbocycles. The molecular weight excluding hydrogens is 644 g/mol. The van der Waals surface area contributed by atoms with Crippen LogP contribution in [0.15, 0.2) is 47.7 Å². The normalized spacial score (nSPS) is 36.2. The fourth-order valence-electron chi connectivity index (χ4n) is 5.49. The number of aliphatic hydroxyl groups excluding tert-OH is 8. The van der Waals surface area contributed by atoms with Gasteiger partial charge in [-0.3, -0.25) is 4.79 Å². The van der Waals surface area contributed by atoms with E-state index in [1.54, 1.807) is 19.1 Å². The number of carbonyl (C=O) groups is 2. The van der Waals surface area contributed by atoms with Gasteiger partial charge in [0.1, 0.15) is 54.6 Å². The Morgan fingerprint density at radius 1 is 0.833 bits per heavy atom. The molecule has 8 N–H and O–H groups in total. The molecule has 0 aliphatic carbocycles.